The standard InChI is InChI=1S/C12H11BrClNO/c1-8(13)12(16)11-3-2-9(7-14)6-10(11)4-5-15/h2-3,6,8H,4,7H2,1H3. The number of benzene rings is 1. The number of hydrogen-bond donors (Lipinski definition) is 0. The van der Waals surface area contributed by atoms with Gasteiger partial charge < -0.3 is 0 Å². The van der Waals surface area contributed by atoms with Crippen molar-refractivity contribution in [3.05, 3.63) is 34.9 Å². The van der Waals surface area contributed by atoms with E-state index < -0.39 is 0 Å². The predicted molar refractivity (Wildman–Crippen MR) is 68.0 cm³/mol. The molecule has 0 aliphatic heterocycles. The zero-order valence-corrected chi connectivity index (χ0v) is 11.2. The van der Waals surface area contributed by atoms with E-state index in [1.54, 1.807) is 13.0 Å². The van der Waals surface area contributed by atoms with Crippen molar-refractivity contribution >= 4 is 33.3 Å². The second-order valence-corrected chi connectivity index (χ2v) is 5.08. The minimum Gasteiger partial charge on any atom is -0.293 e. The van der Waals surface area contributed by atoms with Crippen LogP contribution in [0.5, 0.6) is 0 Å². The molecule has 1 aromatic carbocycles. The summed E-state index contributed by atoms with van der Waals surface area (Å²) in [5, 5.41) is 8.72. The third-order valence-electron chi connectivity index (χ3n) is 2.22. The Hall–Kier alpha value is -0.850. The Morgan fingerprint density at radius 1 is 1.62 bits per heavy atom. The number of hydrogen-bond acceptors (Lipinski definition) is 2. The van der Waals surface area contributed by atoms with E-state index in [2.05, 4.69) is 22.0 Å². The van der Waals surface area contributed by atoms with Gasteiger partial charge in [-0.2, -0.15) is 5.26 Å². The third-order valence-corrected chi connectivity index (χ3v) is 2.94. The first-order valence-corrected chi connectivity index (χ1v) is 6.28. The van der Waals surface area contributed by atoms with E-state index in [9.17, 15) is 4.79 Å². The van der Waals surface area contributed by atoms with Crippen molar-refractivity contribution in [1.29, 1.82) is 5.26 Å². The van der Waals surface area contributed by atoms with Gasteiger partial charge in [0.25, 0.3) is 0 Å². The lowest BCUT2D eigenvalue weighted by molar-refractivity contribution is 0.0995. The molecule has 84 valence electrons. The van der Waals surface area contributed by atoms with Gasteiger partial charge >= 0.3 is 0 Å². The summed E-state index contributed by atoms with van der Waals surface area (Å²) >= 11 is 8.96. The first kappa shape index (κ1) is 13.2. The minimum absolute atomic E-state index is 0.00799. The summed E-state index contributed by atoms with van der Waals surface area (Å²) in [6.07, 6.45) is 0.228. The maximum absolute atomic E-state index is 11.9. The zero-order chi connectivity index (χ0) is 12.1. The average molecular weight is 301 g/mol. The summed E-state index contributed by atoms with van der Waals surface area (Å²) in [7, 11) is 0. The summed E-state index contributed by atoms with van der Waals surface area (Å²) in [5.74, 6) is 0.378. The van der Waals surface area contributed by atoms with Gasteiger partial charge in [0.15, 0.2) is 5.78 Å². The Morgan fingerprint density at radius 3 is 2.81 bits per heavy atom. The maximum Gasteiger partial charge on any atom is 0.176 e. The topological polar surface area (TPSA) is 40.9 Å². The molecule has 0 aliphatic carbocycles. The molecule has 1 rings (SSSR count). The lowest BCUT2D eigenvalue weighted by atomic mass is 9.98. The van der Waals surface area contributed by atoms with Gasteiger partial charge in [-0.05, 0) is 18.1 Å². The number of nitrogens with zero attached hydrogens (tertiary/aromatic N) is 1. The number of carbonyl (C=O) groups is 1. The monoisotopic (exact) mass is 299 g/mol. The van der Waals surface area contributed by atoms with Gasteiger partial charge in [-0.1, -0.05) is 34.1 Å². The Morgan fingerprint density at radius 2 is 2.31 bits per heavy atom. The summed E-state index contributed by atoms with van der Waals surface area (Å²) in [5.41, 5.74) is 2.27. The molecule has 1 aromatic rings. The van der Waals surface area contributed by atoms with E-state index in [1.165, 1.54) is 0 Å². The van der Waals surface area contributed by atoms with E-state index in [-0.39, 0.29) is 17.0 Å². The smallest absolute Gasteiger partial charge is 0.176 e. The molecule has 0 saturated carbocycles. The van der Waals surface area contributed by atoms with Gasteiger partial charge in [-0.15, -0.1) is 11.6 Å². The van der Waals surface area contributed by atoms with Crippen LogP contribution in [-0.4, -0.2) is 10.6 Å². The van der Waals surface area contributed by atoms with E-state index in [0.717, 1.165) is 11.1 Å². The highest BCUT2D eigenvalue weighted by molar-refractivity contribution is 9.10. The Balaban J connectivity index is 3.18. The van der Waals surface area contributed by atoms with Crippen LogP contribution in [0.3, 0.4) is 0 Å². The van der Waals surface area contributed by atoms with E-state index in [0.29, 0.717) is 11.4 Å². The second kappa shape index (κ2) is 6.03. The Labute approximate surface area is 108 Å². The van der Waals surface area contributed by atoms with Crippen molar-refractivity contribution < 1.29 is 4.79 Å². The number of Topliss-reactive ketones (excluding diaryl/α,β-unsaturated/α-hetero) is 1. The molecular weight excluding hydrogens is 289 g/mol. The van der Waals surface area contributed by atoms with Crippen LogP contribution in [0.1, 0.15) is 28.4 Å². The van der Waals surface area contributed by atoms with Crippen LogP contribution in [-0.2, 0) is 12.3 Å². The number of nitriles is 1. The van der Waals surface area contributed by atoms with E-state index >= 15 is 0 Å². The molecule has 0 aromatic heterocycles. The van der Waals surface area contributed by atoms with Crippen LogP contribution in [0.4, 0.5) is 0 Å². The molecule has 0 spiro atoms. The number of halogens is 2. The van der Waals surface area contributed by atoms with Crippen LogP contribution >= 0.6 is 27.5 Å². The summed E-state index contributed by atoms with van der Waals surface area (Å²) in [6, 6.07) is 7.43. The number of ketones is 1. The largest absolute Gasteiger partial charge is 0.293 e. The first-order valence-electron chi connectivity index (χ1n) is 4.83. The molecule has 4 heteroatoms. The lowest BCUT2D eigenvalue weighted by Crippen LogP contribution is -2.12. The molecule has 0 bridgehead atoms. The van der Waals surface area contributed by atoms with Crippen LogP contribution in [0.15, 0.2) is 18.2 Å². The first-order chi connectivity index (χ1) is 7.60. The Kier molecular flexibility index (Phi) is 4.98. The van der Waals surface area contributed by atoms with Gasteiger partial charge in [-0.3, -0.25) is 4.79 Å². The fraction of sp³-hybridized carbons (Fsp3) is 0.333. The van der Waals surface area contributed by atoms with Gasteiger partial charge in [0.1, 0.15) is 0 Å². The molecule has 1 atom stereocenters. The molecule has 1 unspecified atom stereocenters. The summed E-state index contributed by atoms with van der Waals surface area (Å²) < 4.78 is 0. The maximum atomic E-state index is 11.9. The average Bonchev–Trinajstić information content (AvgIpc) is 2.28. The molecule has 0 N–H and O–H groups in total. The van der Waals surface area contributed by atoms with E-state index in [4.69, 9.17) is 16.9 Å². The van der Waals surface area contributed by atoms with Crippen LogP contribution in [0, 0.1) is 11.3 Å². The van der Waals surface area contributed by atoms with Crippen molar-refractivity contribution in [2.45, 2.75) is 24.1 Å². The van der Waals surface area contributed by atoms with Gasteiger partial charge in [-0.25, -0.2) is 0 Å². The fourth-order valence-electron chi connectivity index (χ4n) is 1.42. The Bertz CT molecular complexity index is 437. The molecular formula is C12H11BrClNO. The van der Waals surface area contributed by atoms with Gasteiger partial charge in [0, 0.05) is 11.4 Å². The number of alkyl halides is 2. The fourth-order valence-corrected chi connectivity index (χ4v) is 1.83. The van der Waals surface area contributed by atoms with Crippen LogP contribution < -0.4 is 0 Å². The minimum atomic E-state index is -0.244. The summed E-state index contributed by atoms with van der Waals surface area (Å²) in [6.45, 7) is 1.77. The van der Waals surface area contributed by atoms with Crippen molar-refractivity contribution in [3.63, 3.8) is 0 Å². The molecule has 0 fully saturated rings. The van der Waals surface area contributed by atoms with Crippen molar-refractivity contribution in [1.82, 2.24) is 0 Å². The molecule has 0 saturated heterocycles. The quantitative estimate of drug-likeness (QED) is 0.631. The molecule has 0 amide bonds. The predicted octanol–water partition coefficient (Wildman–Crippen LogP) is 3.46. The molecule has 2 nitrogen and oxygen atoms in total. The number of carbonyl (C=O) groups excluding carboxylic acids is 1. The third kappa shape index (κ3) is 3.07. The second-order valence-electron chi connectivity index (χ2n) is 3.44. The molecule has 0 heterocycles. The SMILES string of the molecule is CC(Br)C(=O)c1ccc(CCl)cc1CC#N. The zero-order valence-electron chi connectivity index (χ0n) is 8.84. The highest BCUT2D eigenvalue weighted by atomic mass is 79.9. The highest BCUT2D eigenvalue weighted by Gasteiger charge is 2.16. The van der Waals surface area contributed by atoms with Gasteiger partial charge in [0.05, 0.1) is 17.3 Å². The van der Waals surface area contributed by atoms with Gasteiger partial charge in [0.2, 0.25) is 0 Å². The van der Waals surface area contributed by atoms with E-state index in [1.807, 2.05) is 12.1 Å². The highest BCUT2D eigenvalue weighted by Crippen LogP contribution is 2.18. The van der Waals surface area contributed by atoms with Crippen molar-refractivity contribution in [3.8, 4) is 6.07 Å². The summed E-state index contributed by atoms with van der Waals surface area (Å²) in [4.78, 5) is 11.6. The van der Waals surface area contributed by atoms with Crippen molar-refractivity contribution in [2.24, 2.45) is 0 Å². The number of rotatable bonds is 4. The van der Waals surface area contributed by atoms with Crippen LogP contribution in [0.25, 0.3) is 0 Å². The normalized spacial score (nSPS) is 11.9. The molecule has 0 radical (unpaired) electrons. The van der Waals surface area contributed by atoms with Crippen LogP contribution in [0.2, 0.25) is 0 Å². The van der Waals surface area contributed by atoms with Crippen molar-refractivity contribution in [2.75, 3.05) is 0 Å². The molecule has 16 heavy (non-hydrogen) atoms. The molecule has 0 aliphatic rings. The lowest BCUT2D eigenvalue weighted by Gasteiger charge is -2.09.